The van der Waals surface area contributed by atoms with Crippen molar-refractivity contribution in [1.82, 2.24) is 14.7 Å². The molecule has 6 atom stereocenters. The SMILES string of the molecule is CCCN(C[C@@H](C)CC(C)CC)C(=O)[C@@H]1CC[C@@H](CC)N1C(=O)C1=C(C(C)C)N2C(=N[C@@](C)(c3ccc(Cl)cc3)[C@H]2c2ccc(Cl)cc2)S1. The Morgan fingerprint density at radius 2 is 1.59 bits per heavy atom. The molecule has 1 saturated heterocycles. The predicted molar refractivity (Wildman–Crippen MR) is 206 cm³/mol. The Labute approximate surface area is 308 Å². The molecular formula is C40H54Cl2N4O2S. The van der Waals surface area contributed by atoms with Crippen LogP contribution in [0.25, 0.3) is 0 Å². The van der Waals surface area contributed by atoms with Gasteiger partial charge in [-0.25, -0.2) is 4.99 Å². The molecule has 0 aromatic heterocycles. The van der Waals surface area contributed by atoms with E-state index < -0.39 is 11.6 Å². The Bertz CT molecular complexity index is 1560. The molecule has 1 unspecified atom stereocenters. The van der Waals surface area contributed by atoms with Crippen molar-refractivity contribution in [2.24, 2.45) is 22.7 Å². The number of amides is 2. The van der Waals surface area contributed by atoms with Crippen molar-refractivity contribution in [3.05, 3.63) is 80.3 Å². The Balaban J connectivity index is 1.53. The number of thioether (sulfide) groups is 1. The quantitative estimate of drug-likeness (QED) is 0.206. The fourth-order valence-electron chi connectivity index (χ4n) is 8.09. The lowest BCUT2D eigenvalue weighted by Gasteiger charge is -2.37. The fraction of sp³-hybridized carbons (Fsp3) is 0.575. The summed E-state index contributed by atoms with van der Waals surface area (Å²) in [5.41, 5.74) is 2.44. The molecule has 3 heterocycles. The number of hydrogen-bond donors (Lipinski definition) is 0. The first-order valence-corrected chi connectivity index (χ1v) is 19.9. The van der Waals surface area contributed by atoms with Gasteiger partial charge in [-0.3, -0.25) is 9.59 Å². The topological polar surface area (TPSA) is 56.2 Å². The van der Waals surface area contributed by atoms with E-state index in [9.17, 15) is 9.59 Å². The summed E-state index contributed by atoms with van der Waals surface area (Å²) in [6.07, 6.45) is 5.48. The van der Waals surface area contributed by atoms with Crippen LogP contribution < -0.4 is 0 Å². The van der Waals surface area contributed by atoms with Crippen LogP contribution in [0.4, 0.5) is 0 Å². The number of fused-ring (bicyclic) bond motifs is 1. The van der Waals surface area contributed by atoms with E-state index in [1.54, 1.807) is 0 Å². The van der Waals surface area contributed by atoms with Gasteiger partial charge in [0.25, 0.3) is 5.91 Å². The number of aliphatic imine (C=N–C) groups is 1. The van der Waals surface area contributed by atoms with E-state index in [2.05, 4.69) is 72.4 Å². The number of likely N-dealkylation sites (tertiary alicyclic amines) is 1. The van der Waals surface area contributed by atoms with Crippen molar-refractivity contribution in [1.29, 1.82) is 0 Å². The molecule has 0 N–H and O–H groups in total. The maximum Gasteiger partial charge on any atom is 0.263 e. The molecular weight excluding hydrogens is 671 g/mol. The van der Waals surface area contributed by atoms with Crippen LogP contribution in [0.5, 0.6) is 0 Å². The molecule has 9 heteroatoms. The van der Waals surface area contributed by atoms with Gasteiger partial charge in [-0.2, -0.15) is 0 Å². The molecule has 2 aromatic rings. The second kappa shape index (κ2) is 15.8. The third kappa shape index (κ3) is 7.60. The van der Waals surface area contributed by atoms with E-state index in [0.717, 1.165) is 60.6 Å². The van der Waals surface area contributed by atoms with Crippen LogP contribution in [0, 0.1) is 17.8 Å². The number of benzene rings is 2. The maximum atomic E-state index is 15.0. The lowest BCUT2D eigenvalue weighted by molar-refractivity contribution is -0.143. The molecule has 6 nitrogen and oxygen atoms in total. The average molecular weight is 726 g/mol. The number of allylic oxidation sites excluding steroid dienone is 1. The molecule has 3 aliphatic rings. The predicted octanol–water partition coefficient (Wildman–Crippen LogP) is 10.3. The molecule has 49 heavy (non-hydrogen) atoms. The molecule has 266 valence electrons. The molecule has 5 rings (SSSR count). The number of nitrogens with zero attached hydrogens (tertiary/aromatic N) is 4. The van der Waals surface area contributed by atoms with Crippen molar-refractivity contribution < 1.29 is 9.59 Å². The number of halogens is 2. The second-order valence-electron chi connectivity index (χ2n) is 14.9. The highest BCUT2D eigenvalue weighted by molar-refractivity contribution is 8.18. The van der Waals surface area contributed by atoms with Gasteiger partial charge in [-0.05, 0) is 104 Å². The number of amidine groups is 1. The number of hydrogen-bond acceptors (Lipinski definition) is 5. The van der Waals surface area contributed by atoms with Crippen molar-refractivity contribution in [3.8, 4) is 0 Å². The van der Waals surface area contributed by atoms with E-state index >= 15 is 0 Å². The van der Waals surface area contributed by atoms with E-state index in [1.807, 2.05) is 46.2 Å². The number of rotatable bonds is 13. The van der Waals surface area contributed by atoms with Gasteiger partial charge in [-0.15, -0.1) is 0 Å². The van der Waals surface area contributed by atoms with Gasteiger partial charge >= 0.3 is 0 Å². The lowest BCUT2D eigenvalue weighted by atomic mass is 9.81. The highest BCUT2D eigenvalue weighted by Crippen LogP contribution is 2.56. The van der Waals surface area contributed by atoms with Crippen LogP contribution >= 0.6 is 35.0 Å². The van der Waals surface area contributed by atoms with Crippen molar-refractivity contribution in [3.63, 3.8) is 0 Å². The molecule has 2 amide bonds. The van der Waals surface area contributed by atoms with Gasteiger partial charge in [-0.1, -0.05) is 102 Å². The highest BCUT2D eigenvalue weighted by atomic mass is 35.5. The van der Waals surface area contributed by atoms with Gasteiger partial charge in [0, 0.05) is 34.9 Å². The largest absolute Gasteiger partial charge is 0.341 e. The zero-order chi connectivity index (χ0) is 35.6. The van der Waals surface area contributed by atoms with Crippen LogP contribution in [-0.4, -0.2) is 56.9 Å². The van der Waals surface area contributed by atoms with Crippen LogP contribution in [0.3, 0.4) is 0 Å². The maximum absolute atomic E-state index is 15.0. The van der Waals surface area contributed by atoms with Gasteiger partial charge in [0.2, 0.25) is 5.91 Å². The first-order chi connectivity index (χ1) is 23.3. The van der Waals surface area contributed by atoms with Crippen LogP contribution in [-0.2, 0) is 15.1 Å². The smallest absolute Gasteiger partial charge is 0.263 e. The summed E-state index contributed by atoms with van der Waals surface area (Å²) in [7, 11) is 0. The minimum atomic E-state index is -0.639. The van der Waals surface area contributed by atoms with Crippen molar-refractivity contribution >= 4 is 51.9 Å². The van der Waals surface area contributed by atoms with Crippen LogP contribution in [0.2, 0.25) is 10.0 Å². The summed E-state index contributed by atoms with van der Waals surface area (Å²) in [5, 5.41) is 2.16. The highest BCUT2D eigenvalue weighted by Gasteiger charge is 2.54. The summed E-state index contributed by atoms with van der Waals surface area (Å²) >= 11 is 14.1. The first-order valence-electron chi connectivity index (χ1n) is 18.3. The van der Waals surface area contributed by atoms with Gasteiger partial charge in [0.1, 0.15) is 16.5 Å². The summed E-state index contributed by atoms with van der Waals surface area (Å²) < 4.78 is 0. The molecule has 0 radical (unpaired) electrons. The second-order valence-corrected chi connectivity index (χ2v) is 16.7. The van der Waals surface area contributed by atoms with E-state index in [4.69, 9.17) is 28.2 Å². The minimum Gasteiger partial charge on any atom is -0.341 e. The molecule has 0 spiro atoms. The summed E-state index contributed by atoms with van der Waals surface area (Å²) in [6.45, 7) is 18.9. The Hall–Kier alpha value is -2.48. The lowest BCUT2D eigenvalue weighted by Crippen LogP contribution is -2.51. The molecule has 3 aliphatic heterocycles. The fourth-order valence-corrected chi connectivity index (χ4v) is 9.70. The van der Waals surface area contributed by atoms with Crippen LogP contribution in [0.1, 0.15) is 111 Å². The molecule has 0 aliphatic carbocycles. The Kier molecular flexibility index (Phi) is 12.2. The van der Waals surface area contributed by atoms with E-state index in [-0.39, 0.29) is 29.8 Å². The zero-order valence-electron chi connectivity index (χ0n) is 30.5. The monoisotopic (exact) mass is 724 g/mol. The number of carbonyl (C=O) groups excluding carboxylic acids is 2. The first kappa shape index (κ1) is 37.8. The molecule has 2 aromatic carbocycles. The molecule has 1 fully saturated rings. The van der Waals surface area contributed by atoms with E-state index in [0.29, 0.717) is 39.8 Å². The third-order valence-corrected chi connectivity index (χ3v) is 12.3. The van der Waals surface area contributed by atoms with Gasteiger partial charge in [0.05, 0.1) is 6.04 Å². The molecule has 0 bridgehead atoms. The Morgan fingerprint density at radius 1 is 0.959 bits per heavy atom. The minimum absolute atomic E-state index is 0.0211. The molecule has 0 saturated carbocycles. The standard InChI is InChI=1S/C40H54Cl2N4O2S/c1-9-22-44(24-27(7)23-26(6)10-2)37(47)33-21-20-32(11-3)45(33)38(48)35-34(25(4)5)46-36(28-12-16-30(41)17-13-28)40(8,43-39(46)49-35)29-14-18-31(42)19-15-29/h12-19,25-27,32-33,36H,9-11,20-24H2,1-8H3/t26?,27-,32+,33-,36+,40-/m0/s1. The van der Waals surface area contributed by atoms with Gasteiger partial charge < -0.3 is 14.7 Å². The van der Waals surface area contributed by atoms with Gasteiger partial charge in [0.15, 0.2) is 5.17 Å². The zero-order valence-corrected chi connectivity index (χ0v) is 32.8. The summed E-state index contributed by atoms with van der Waals surface area (Å²) in [5.74, 6) is 1.13. The average Bonchev–Trinajstić information content (AvgIpc) is 3.74. The van der Waals surface area contributed by atoms with Crippen molar-refractivity contribution in [2.45, 2.75) is 118 Å². The van der Waals surface area contributed by atoms with Crippen LogP contribution in [0.15, 0.2) is 64.1 Å². The number of carbonyl (C=O) groups is 2. The van der Waals surface area contributed by atoms with E-state index in [1.165, 1.54) is 11.8 Å². The summed E-state index contributed by atoms with van der Waals surface area (Å²) in [6, 6.07) is 15.2. The van der Waals surface area contributed by atoms with Crippen molar-refractivity contribution in [2.75, 3.05) is 13.1 Å². The Morgan fingerprint density at radius 3 is 2.16 bits per heavy atom. The normalized spacial score (nSPS) is 24.8. The third-order valence-electron chi connectivity index (χ3n) is 10.7. The summed E-state index contributed by atoms with van der Waals surface area (Å²) in [4.78, 5) is 41.8.